The van der Waals surface area contributed by atoms with Gasteiger partial charge in [-0.2, -0.15) is 16.8 Å². The average molecular weight is 304 g/mol. The number of benzene rings is 1. The second-order valence-electron chi connectivity index (χ2n) is 4.29. The van der Waals surface area contributed by atoms with Crippen LogP contribution in [-0.2, 0) is 20.2 Å². The van der Waals surface area contributed by atoms with E-state index in [4.69, 9.17) is 4.55 Å². The highest BCUT2D eigenvalue weighted by Crippen LogP contribution is 2.16. The van der Waals surface area contributed by atoms with Gasteiger partial charge in [-0.3, -0.25) is 9.11 Å². The molecule has 1 aliphatic rings. The molecule has 19 heavy (non-hydrogen) atoms. The molecule has 0 fully saturated rings. The van der Waals surface area contributed by atoms with E-state index in [0.29, 0.717) is 5.56 Å². The number of hydrogen-bond acceptors (Lipinski definition) is 4. The molecule has 6 nitrogen and oxygen atoms in total. The topological polar surface area (TPSA) is 109 Å². The maximum absolute atomic E-state index is 11.4. The summed E-state index contributed by atoms with van der Waals surface area (Å²) in [7, 11) is -8.86. The molecule has 0 aliphatic heterocycles. The molecule has 0 saturated carbocycles. The first kappa shape index (κ1) is 14.2. The molecule has 0 atom stereocenters. The summed E-state index contributed by atoms with van der Waals surface area (Å²) in [5, 5.41) is 0.244. The summed E-state index contributed by atoms with van der Waals surface area (Å²) in [5.74, 6) is 0. The van der Waals surface area contributed by atoms with Crippen molar-refractivity contribution >= 4 is 31.2 Å². The SMILES string of the molecule is Cc1ccc2c(c1S(=O)(=O)O)=CCCC=2S(=O)(=O)O. The Bertz CT molecular complexity index is 862. The molecule has 0 unspecified atom stereocenters. The first-order valence-electron chi connectivity index (χ1n) is 5.40. The van der Waals surface area contributed by atoms with E-state index < -0.39 is 20.2 Å². The smallest absolute Gasteiger partial charge is 0.282 e. The van der Waals surface area contributed by atoms with Gasteiger partial charge in [-0.25, -0.2) is 0 Å². The van der Waals surface area contributed by atoms with Gasteiger partial charge in [0.05, 0.1) is 4.91 Å². The minimum absolute atomic E-state index is 0.0970. The molecule has 2 N–H and O–H groups in total. The third-order valence-electron chi connectivity index (χ3n) is 2.98. The fourth-order valence-corrected chi connectivity index (χ4v) is 4.02. The number of rotatable bonds is 2. The number of aryl methyl sites for hydroxylation is 1. The van der Waals surface area contributed by atoms with Gasteiger partial charge in [0.2, 0.25) is 0 Å². The molecule has 1 aromatic carbocycles. The van der Waals surface area contributed by atoms with Gasteiger partial charge in [-0.1, -0.05) is 18.2 Å². The van der Waals surface area contributed by atoms with E-state index in [9.17, 15) is 21.4 Å². The maximum Gasteiger partial charge on any atom is 0.295 e. The zero-order chi connectivity index (χ0) is 14.4. The van der Waals surface area contributed by atoms with Crippen LogP contribution in [-0.4, -0.2) is 25.9 Å². The van der Waals surface area contributed by atoms with Gasteiger partial charge in [0.15, 0.2) is 0 Å². The van der Waals surface area contributed by atoms with Crippen LogP contribution in [0.3, 0.4) is 0 Å². The Morgan fingerprint density at radius 3 is 2.21 bits per heavy atom. The van der Waals surface area contributed by atoms with Crippen LogP contribution in [0.1, 0.15) is 18.4 Å². The lowest BCUT2D eigenvalue weighted by Crippen LogP contribution is -2.36. The standard InChI is InChI=1S/C11H12O6S2/c1-7-5-6-8-9(11(7)19(15,16)17)3-2-4-10(8)18(12,13)14/h3,5-6H,2,4H2,1H3,(H,12,13,14)(H,15,16,17). The van der Waals surface area contributed by atoms with E-state index in [0.717, 1.165) is 0 Å². The molecule has 0 spiro atoms. The van der Waals surface area contributed by atoms with Crippen LogP contribution < -0.4 is 10.4 Å². The number of hydrogen-bond donors (Lipinski definition) is 2. The summed E-state index contributed by atoms with van der Waals surface area (Å²) in [6.45, 7) is 1.50. The van der Waals surface area contributed by atoms with Gasteiger partial charge in [0.1, 0.15) is 4.90 Å². The predicted molar refractivity (Wildman–Crippen MR) is 68.9 cm³/mol. The van der Waals surface area contributed by atoms with Crippen molar-refractivity contribution in [2.75, 3.05) is 0 Å². The molecule has 0 amide bonds. The lowest BCUT2D eigenvalue weighted by Gasteiger charge is -2.11. The van der Waals surface area contributed by atoms with Crippen molar-refractivity contribution < 1.29 is 25.9 Å². The Hall–Kier alpha value is -1.22. The summed E-state index contributed by atoms with van der Waals surface area (Å²) >= 11 is 0. The van der Waals surface area contributed by atoms with Crippen molar-refractivity contribution in [3.8, 4) is 0 Å². The van der Waals surface area contributed by atoms with Crippen molar-refractivity contribution in [3.05, 3.63) is 28.1 Å². The second-order valence-corrected chi connectivity index (χ2v) is 7.09. The largest absolute Gasteiger partial charge is 0.295 e. The van der Waals surface area contributed by atoms with Crippen molar-refractivity contribution in [1.29, 1.82) is 0 Å². The average Bonchev–Trinajstić information content (AvgIpc) is 2.24. The van der Waals surface area contributed by atoms with Crippen LogP contribution in [0.5, 0.6) is 0 Å². The molecule has 1 aromatic rings. The van der Waals surface area contributed by atoms with Crippen LogP contribution in [0.15, 0.2) is 17.0 Å². The Labute approximate surface area is 110 Å². The maximum atomic E-state index is 11.4. The molecular weight excluding hydrogens is 292 g/mol. The number of fused-ring (bicyclic) bond motifs is 1. The molecule has 2 rings (SSSR count). The second kappa shape index (κ2) is 4.41. The van der Waals surface area contributed by atoms with Crippen molar-refractivity contribution in [2.45, 2.75) is 24.7 Å². The molecular formula is C11H12O6S2. The zero-order valence-electron chi connectivity index (χ0n) is 9.99. The van der Waals surface area contributed by atoms with Crippen LogP contribution >= 0.6 is 0 Å². The summed E-state index contributed by atoms with van der Waals surface area (Å²) in [5.41, 5.74) is 0.314. The van der Waals surface area contributed by atoms with Gasteiger partial charge in [-0.15, -0.1) is 0 Å². The van der Waals surface area contributed by atoms with E-state index in [2.05, 4.69) is 0 Å². The Morgan fingerprint density at radius 2 is 1.68 bits per heavy atom. The summed E-state index contributed by atoms with van der Waals surface area (Å²) in [6.07, 6.45) is 1.91. The summed E-state index contributed by atoms with van der Waals surface area (Å²) < 4.78 is 63.8. The lowest BCUT2D eigenvalue weighted by molar-refractivity contribution is 0.480. The fourth-order valence-electron chi connectivity index (χ4n) is 2.25. The van der Waals surface area contributed by atoms with Crippen LogP contribution in [0.4, 0.5) is 0 Å². The molecule has 104 valence electrons. The van der Waals surface area contributed by atoms with Gasteiger partial charge < -0.3 is 0 Å². The van der Waals surface area contributed by atoms with Crippen molar-refractivity contribution in [3.63, 3.8) is 0 Å². The minimum atomic E-state index is -4.46. The minimum Gasteiger partial charge on any atom is -0.282 e. The van der Waals surface area contributed by atoms with E-state index in [1.165, 1.54) is 19.1 Å². The van der Waals surface area contributed by atoms with Crippen molar-refractivity contribution in [1.82, 2.24) is 0 Å². The highest BCUT2D eigenvalue weighted by atomic mass is 32.2. The molecule has 0 saturated heterocycles. The third kappa shape index (κ3) is 2.57. The van der Waals surface area contributed by atoms with E-state index >= 15 is 0 Å². The molecule has 0 radical (unpaired) electrons. The third-order valence-corrected chi connectivity index (χ3v) is 5.09. The van der Waals surface area contributed by atoms with Crippen molar-refractivity contribution in [2.24, 2.45) is 0 Å². The normalized spacial score (nSPS) is 15.8. The first-order chi connectivity index (χ1) is 8.62. The van der Waals surface area contributed by atoms with E-state index in [1.54, 1.807) is 6.08 Å². The highest BCUT2D eigenvalue weighted by Gasteiger charge is 2.22. The molecule has 0 heterocycles. The molecule has 0 aromatic heterocycles. The van der Waals surface area contributed by atoms with Crippen LogP contribution in [0.25, 0.3) is 11.0 Å². The van der Waals surface area contributed by atoms with Gasteiger partial charge >= 0.3 is 0 Å². The molecule has 1 aliphatic carbocycles. The Morgan fingerprint density at radius 1 is 1.05 bits per heavy atom. The predicted octanol–water partition coefficient (Wildman–Crippen LogP) is -0.188. The molecule has 0 bridgehead atoms. The Balaban J connectivity index is 3.10. The van der Waals surface area contributed by atoms with E-state index in [1.807, 2.05) is 0 Å². The fraction of sp³-hybridized carbons (Fsp3) is 0.273. The van der Waals surface area contributed by atoms with Crippen LogP contribution in [0, 0.1) is 6.92 Å². The molecule has 8 heteroatoms. The Kier molecular flexibility index (Phi) is 3.29. The summed E-state index contributed by atoms with van der Waals surface area (Å²) in [6, 6.07) is 2.82. The lowest BCUT2D eigenvalue weighted by atomic mass is 10.1. The zero-order valence-corrected chi connectivity index (χ0v) is 11.6. The van der Waals surface area contributed by atoms with E-state index in [-0.39, 0.29) is 33.1 Å². The van der Waals surface area contributed by atoms with Gasteiger partial charge in [0.25, 0.3) is 20.2 Å². The summed E-state index contributed by atoms with van der Waals surface area (Å²) in [4.78, 5) is -0.541. The monoisotopic (exact) mass is 304 g/mol. The van der Waals surface area contributed by atoms with Gasteiger partial charge in [0, 0.05) is 5.22 Å². The van der Waals surface area contributed by atoms with Crippen LogP contribution in [0.2, 0.25) is 0 Å². The quantitative estimate of drug-likeness (QED) is 0.733. The first-order valence-corrected chi connectivity index (χ1v) is 8.28. The van der Waals surface area contributed by atoms with Gasteiger partial charge in [-0.05, 0) is 30.5 Å². The highest BCUT2D eigenvalue weighted by molar-refractivity contribution is 7.95.